The smallest absolute Gasteiger partial charge is 0.240 e. The fourth-order valence-electron chi connectivity index (χ4n) is 4.22. The average molecular weight is 309 g/mol. The topological polar surface area (TPSA) is 67.9 Å². The van der Waals surface area contributed by atoms with Gasteiger partial charge in [-0.2, -0.15) is 4.98 Å². The molecule has 5 rings (SSSR count). The first kappa shape index (κ1) is 13.4. The summed E-state index contributed by atoms with van der Waals surface area (Å²) in [6, 6.07) is 1.78. The summed E-state index contributed by atoms with van der Waals surface area (Å²) in [5.74, 6) is 4.60. The maximum atomic E-state index is 5.41. The second kappa shape index (κ2) is 5.23. The molecule has 0 N–H and O–H groups in total. The van der Waals surface area contributed by atoms with E-state index in [9.17, 15) is 0 Å². The minimum Gasteiger partial charge on any atom is -0.338 e. The lowest BCUT2D eigenvalue weighted by Gasteiger charge is -2.39. The Bertz CT molecular complexity index is 722. The van der Waals surface area contributed by atoms with Crippen LogP contribution in [0.15, 0.2) is 35.1 Å². The third-order valence-corrected chi connectivity index (χ3v) is 5.42. The maximum Gasteiger partial charge on any atom is 0.240 e. The van der Waals surface area contributed by atoms with Gasteiger partial charge in [0.1, 0.15) is 0 Å². The fraction of sp³-hybridized carbons (Fsp3) is 0.529. The molecule has 0 aromatic carbocycles. The summed E-state index contributed by atoms with van der Waals surface area (Å²) in [6.07, 6.45) is 11.0. The lowest BCUT2D eigenvalue weighted by atomic mass is 9.90. The number of fused-ring (bicyclic) bond motifs is 2. The number of aromatic nitrogens is 4. The number of allylic oxidation sites excluding steroid dienone is 2. The van der Waals surface area contributed by atoms with Gasteiger partial charge in [0.2, 0.25) is 17.5 Å². The molecule has 0 spiro atoms. The van der Waals surface area contributed by atoms with E-state index in [1.807, 2.05) is 0 Å². The van der Waals surface area contributed by atoms with E-state index < -0.39 is 0 Å². The third kappa shape index (κ3) is 2.37. The van der Waals surface area contributed by atoms with E-state index in [2.05, 4.69) is 37.2 Å². The molecule has 3 aliphatic rings. The van der Waals surface area contributed by atoms with Crippen LogP contribution in [0.4, 0.5) is 0 Å². The van der Waals surface area contributed by atoms with Crippen molar-refractivity contribution in [2.75, 3.05) is 19.6 Å². The second-order valence-electron chi connectivity index (χ2n) is 6.98. The van der Waals surface area contributed by atoms with Crippen LogP contribution >= 0.6 is 0 Å². The van der Waals surface area contributed by atoms with Gasteiger partial charge in [0, 0.05) is 32.0 Å². The minimum atomic E-state index is 0.356. The summed E-state index contributed by atoms with van der Waals surface area (Å²) in [5.41, 5.74) is 0. The van der Waals surface area contributed by atoms with E-state index >= 15 is 0 Å². The molecule has 3 unspecified atom stereocenters. The predicted molar refractivity (Wildman–Crippen MR) is 83.3 cm³/mol. The minimum absolute atomic E-state index is 0.356. The van der Waals surface area contributed by atoms with Crippen LogP contribution < -0.4 is 0 Å². The number of likely N-dealkylation sites (tertiary alicyclic amines) is 1. The molecule has 3 heterocycles. The molecule has 6 nitrogen and oxygen atoms in total. The first-order valence-corrected chi connectivity index (χ1v) is 8.37. The summed E-state index contributed by atoms with van der Waals surface area (Å²) < 4.78 is 5.41. The number of hydrogen-bond acceptors (Lipinski definition) is 6. The Kier molecular flexibility index (Phi) is 3.04. The molecule has 2 bridgehead atoms. The van der Waals surface area contributed by atoms with Gasteiger partial charge < -0.3 is 9.42 Å². The van der Waals surface area contributed by atoms with Gasteiger partial charge in [0.15, 0.2) is 0 Å². The van der Waals surface area contributed by atoms with Crippen molar-refractivity contribution in [3.63, 3.8) is 0 Å². The molecule has 0 radical (unpaired) electrons. The molecule has 1 saturated heterocycles. The van der Waals surface area contributed by atoms with Crippen LogP contribution in [-0.2, 0) is 0 Å². The van der Waals surface area contributed by atoms with Crippen LogP contribution in [0.3, 0.4) is 0 Å². The monoisotopic (exact) mass is 309 g/mol. The Morgan fingerprint density at radius 1 is 1.09 bits per heavy atom. The van der Waals surface area contributed by atoms with Gasteiger partial charge in [-0.25, -0.2) is 9.97 Å². The average Bonchev–Trinajstić information content (AvgIpc) is 3.27. The van der Waals surface area contributed by atoms with Gasteiger partial charge in [-0.05, 0) is 36.7 Å². The van der Waals surface area contributed by atoms with Crippen molar-refractivity contribution in [3.8, 4) is 11.6 Å². The summed E-state index contributed by atoms with van der Waals surface area (Å²) >= 11 is 0. The Hall–Kier alpha value is -2.08. The standard InChI is InChI=1S/C17H19N5O/c1-4-18-15(19-5-1)16-20-17(23-21-16)14-9-22(10-14)8-13-7-11-2-3-12(13)6-11/h1-5,11-14H,6-10H2. The molecule has 2 aromatic heterocycles. The molecule has 2 aliphatic carbocycles. The Morgan fingerprint density at radius 2 is 1.96 bits per heavy atom. The van der Waals surface area contributed by atoms with Crippen LogP contribution in [0.5, 0.6) is 0 Å². The highest BCUT2D eigenvalue weighted by Crippen LogP contribution is 2.44. The molecule has 1 saturated carbocycles. The van der Waals surface area contributed by atoms with Crippen LogP contribution in [0.1, 0.15) is 24.7 Å². The quantitative estimate of drug-likeness (QED) is 0.806. The van der Waals surface area contributed by atoms with Crippen molar-refractivity contribution in [3.05, 3.63) is 36.5 Å². The largest absolute Gasteiger partial charge is 0.338 e. The molecule has 1 aliphatic heterocycles. The zero-order valence-electron chi connectivity index (χ0n) is 12.9. The second-order valence-corrected chi connectivity index (χ2v) is 6.98. The molecule has 0 amide bonds. The van der Waals surface area contributed by atoms with Crippen LogP contribution in [-0.4, -0.2) is 44.6 Å². The first-order chi connectivity index (χ1) is 11.3. The summed E-state index contributed by atoms with van der Waals surface area (Å²) in [5, 5.41) is 4.01. The summed E-state index contributed by atoms with van der Waals surface area (Å²) in [4.78, 5) is 15.3. The van der Waals surface area contributed by atoms with Crippen molar-refractivity contribution in [2.45, 2.75) is 18.8 Å². The highest BCUT2D eigenvalue weighted by atomic mass is 16.5. The van der Waals surface area contributed by atoms with Gasteiger partial charge in [0.25, 0.3) is 0 Å². The van der Waals surface area contributed by atoms with E-state index in [1.54, 1.807) is 18.5 Å². The van der Waals surface area contributed by atoms with Crippen molar-refractivity contribution in [1.29, 1.82) is 0 Å². The molecule has 23 heavy (non-hydrogen) atoms. The molecule has 2 aromatic rings. The highest BCUT2D eigenvalue weighted by molar-refractivity contribution is 5.40. The number of rotatable bonds is 4. The van der Waals surface area contributed by atoms with E-state index in [-0.39, 0.29) is 0 Å². The van der Waals surface area contributed by atoms with Crippen LogP contribution in [0.25, 0.3) is 11.6 Å². The maximum absolute atomic E-state index is 5.41. The Morgan fingerprint density at radius 3 is 2.70 bits per heavy atom. The summed E-state index contributed by atoms with van der Waals surface area (Å²) in [7, 11) is 0. The molecule has 6 heteroatoms. The van der Waals surface area contributed by atoms with Crippen molar-refractivity contribution >= 4 is 0 Å². The van der Waals surface area contributed by atoms with Crippen LogP contribution in [0.2, 0.25) is 0 Å². The molecule has 118 valence electrons. The lowest BCUT2D eigenvalue weighted by Crippen LogP contribution is -2.47. The van der Waals surface area contributed by atoms with Gasteiger partial charge in [0.05, 0.1) is 5.92 Å². The van der Waals surface area contributed by atoms with Crippen molar-refractivity contribution in [1.82, 2.24) is 25.0 Å². The number of nitrogens with zero attached hydrogens (tertiary/aromatic N) is 5. The Labute approximate surface area is 134 Å². The molecule has 3 atom stereocenters. The van der Waals surface area contributed by atoms with E-state index in [0.29, 0.717) is 17.6 Å². The zero-order valence-corrected chi connectivity index (χ0v) is 12.9. The van der Waals surface area contributed by atoms with E-state index in [0.717, 1.165) is 36.7 Å². The third-order valence-electron chi connectivity index (χ3n) is 5.42. The van der Waals surface area contributed by atoms with Gasteiger partial charge in [-0.15, -0.1) is 0 Å². The SMILES string of the molecule is C1=CC2CC1CC2CN1CC(c2nc(-c3ncccn3)no2)C1. The van der Waals surface area contributed by atoms with Gasteiger partial charge in [-0.1, -0.05) is 17.3 Å². The molecular weight excluding hydrogens is 290 g/mol. The lowest BCUT2D eigenvalue weighted by molar-refractivity contribution is 0.0986. The summed E-state index contributed by atoms with van der Waals surface area (Å²) in [6.45, 7) is 3.26. The molecular formula is C17H19N5O. The normalized spacial score (nSPS) is 30.0. The first-order valence-electron chi connectivity index (χ1n) is 8.37. The van der Waals surface area contributed by atoms with Crippen molar-refractivity contribution in [2.24, 2.45) is 17.8 Å². The molecule has 2 fully saturated rings. The van der Waals surface area contributed by atoms with E-state index in [1.165, 1.54) is 19.4 Å². The zero-order chi connectivity index (χ0) is 15.2. The van der Waals surface area contributed by atoms with Crippen LogP contribution in [0, 0.1) is 17.8 Å². The predicted octanol–water partition coefficient (Wildman–Crippen LogP) is 2.14. The highest BCUT2D eigenvalue weighted by Gasteiger charge is 2.40. The van der Waals surface area contributed by atoms with Gasteiger partial charge >= 0.3 is 0 Å². The van der Waals surface area contributed by atoms with Gasteiger partial charge in [-0.3, -0.25) is 0 Å². The number of hydrogen-bond donors (Lipinski definition) is 0. The fourth-order valence-corrected chi connectivity index (χ4v) is 4.22. The van der Waals surface area contributed by atoms with E-state index in [4.69, 9.17) is 4.52 Å². The van der Waals surface area contributed by atoms with Crippen molar-refractivity contribution < 1.29 is 4.52 Å². The Balaban J connectivity index is 1.19.